The first kappa shape index (κ1) is 16.7. The van der Waals surface area contributed by atoms with E-state index in [1.54, 1.807) is 7.11 Å². The van der Waals surface area contributed by atoms with Gasteiger partial charge in [0.15, 0.2) is 0 Å². The maximum Gasteiger partial charge on any atom is 0.306 e. The van der Waals surface area contributed by atoms with Crippen LogP contribution in [0.25, 0.3) is 0 Å². The van der Waals surface area contributed by atoms with Crippen molar-refractivity contribution in [3.05, 3.63) is 18.7 Å². The lowest BCUT2D eigenvalue weighted by Crippen LogP contribution is -2.33. The van der Waals surface area contributed by atoms with Gasteiger partial charge in [-0.05, 0) is 12.8 Å². The molecule has 0 fully saturated rings. The van der Waals surface area contributed by atoms with Crippen LogP contribution in [0.15, 0.2) is 18.7 Å². The Bertz CT molecular complexity index is 392. The summed E-state index contributed by atoms with van der Waals surface area (Å²) in [6, 6.07) is 0. The van der Waals surface area contributed by atoms with Gasteiger partial charge in [0.1, 0.15) is 18.9 Å². The molecule has 0 aliphatic heterocycles. The largest absolute Gasteiger partial charge is 0.481 e. The Morgan fingerprint density at radius 1 is 1.40 bits per heavy atom. The van der Waals surface area contributed by atoms with Crippen molar-refractivity contribution < 1.29 is 23.9 Å². The highest BCUT2D eigenvalue weighted by molar-refractivity contribution is 5.69. The summed E-state index contributed by atoms with van der Waals surface area (Å²) in [7, 11) is 1.65. The number of aliphatic carboxylic acids is 1. The molecule has 0 aliphatic rings. The van der Waals surface area contributed by atoms with Crippen LogP contribution < -0.4 is 4.57 Å². The lowest BCUT2D eigenvalue weighted by molar-refractivity contribution is -0.697. The van der Waals surface area contributed by atoms with Gasteiger partial charge in [-0.1, -0.05) is 6.92 Å². The van der Waals surface area contributed by atoms with Gasteiger partial charge in [0.25, 0.3) is 0 Å². The average molecular weight is 285 g/mol. The van der Waals surface area contributed by atoms with E-state index in [9.17, 15) is 4.79 Å². The quantitative estimate of drug-likeness (QED) is 0.485. The highest BCUT2D eigenvalue weighted by atomic mass is 16.5. The van der Waals surface area contributed by atoms with Crippen molar-refractivity contribution in [2.75, 3.05) is 26.9 Å². The SMILES string of the molecule is CCC(CC[n+]1ccn(CCOCCOC)c1)C(=O)O. The second-order valence-electron chi connectivity index (χ2n) is 4.73. The van der Waals surface area contributed by atoms with Crippen LogP contribution in [-0.2, 0) is 27.4 Å². The Balaban J connectivity index is 2.27. The van der Waals surface area contributed by atoms with E-state index in [1.165, 1.54) is 0 Å². The normalized spacial score (nSPS) is 12.5. The fourth-order valence-electron chi connectivity index (χ4n) is 1.92. The smallest absolute Gasteiger partial charge is 0.306 e. The molecule has 1 heterocycles. The number of carboxylic acids is 1. The first-order chi connectivity index (χ1) is 9.67. The molecule has 0 saturated carbocycles. The molecule has 1 N–H and O–H groups in total. The number of ether oxygens (including phenoxy) is 2. The number of aromatic nitrogens is 2. The van der Waals surface area contributed by atoms with Crippen LogP contribution in [0.5, 0.6) is 0 Å². The fraction of sp³-hybridized carbons (Fsp3) is 0.714. The Kier molecular flexibility index (Phi) is 7.91. The maximum atomic E-state index is 10.9. The van der Waals surface area contributed by atoms with Crippen molar-refractivity contribution >= 4 is 5.97 Å². The molecule has 0 aromatic carbocycles. The highest BCUT2D eigenvalue weighted by Gasteiger charge is 2.16. The third-order valence-corrected chi connectivity index (χ3v) is 3.25. The van der Waals surface area contributed by atoms with Gasteiger partial charge in [-0.2, -0.15) is 0 Å². The fourth-order valence-corrected chi connectivity index (χ4v) is 1.92. The Morgan fingerprint density at radius 2 is 2.20 bits per heavy atom. The molecule has 0 aliphatic carbocycles. The van der Waals surface area contributed by atoms with Crippen LogP contribution in [0.1, 0.15) is 19.8 Å². The van der Waals surface area contributed by atoms with Gasteiger partial charge in [-0.3, -0.25) is 4.79 Å². The number of carbonyl (C=O) groups is 1. The molecule has 0 saturated heterocycles. The molecule has 0 amide bonds. The van der Waals surface area contributed by atoms with E-state index in [1.807, 2.05) is 34.8 Å². The van der Waals surface area contributed by atoms with E-state index in [-0.39, 0.29) is 5.92 Å². The molecule has 1 rings (SSSR count). The number of hydrogen-bond donors (Lipinski definition) is 1. The van der Waals surface area contributed by atoms with Crippen LogP contribution in [0.4, 0.5) is 0 Å². The number of methoxy groups -OCH3 is 1. The summed E-state index contributed by atoms with van der Waals surface area (Å²) in [4.78, 5) is 10.9. The van der Waals surface area contributed by atoms with Crippen molar-refractivity contribution in [1.29, 1.82) is 0 Å². The molecule has 0 radical (unpaired) electrons. The zero-order valence-corrected chi connectivity index (χ0v) is 12.3. The molecule has 1 unspecified atom stereocenters. The predicted octanol–water partition coefficient (Wildman–Crippen LogP) is 0.940. The average Bonchev–Trinajstić information content (AvgIpc) is 2.87. The van der Waals surface area contributed by atoms with Gasteiger partial charge in [-0.25, -0.2) is 9.13 Å². The summed E-state index contributed by atoms with van der Waals surface area (Å²) < 4.78 is 14.4. The summed E-state index contributed by atoms with van der Waals surface area (Å²) in [6.07, 6.45) is 7.24. The first-order valence-electron chi connectivity index (χ1n) is 7.01. The first-order valence-corrected chi connectivity index (χ1v) is 7.01. The Morgan fingerprint density at radius 3 is 2.85 bits per heavy atom. The second-order valence-corrected chi connectivity index (χ2v) is 4.73. The summed E-state index contributed by atoms with van der Waals surface area (Å²) >= 11 is 0. The summed E-state index contributed by atoms with van der Waals surface area (Å²) in [5.74, 6) is -0.970. The number of hydrogen-bond acceptors (Lipinski definition) is 3. The number of rotatable bonds is 11. The number of aryl methyl sites for hydroxylation is 1. The highest BCUT2D eigenvalue weighted by Crippen LogP contribution is 2.07. The molecule has 1 aromatic rings. The van der Waals surface area contributed by atoms with E-state index >= 15 is 0 Å². The van der Waals surface area contributed by atoms with E-state index in [4.69, 9.17) is 14.6 Å². The van der Waals surface area contributed by atoms with Gasteiger partial charge in [0, 0.05) is 7.11 Å². The Hall–Kier alpha value is -1.40. The molecular weight excluding hydrogens is 260 g/mol. The van der Waals surface area contributed by atoms with Gasteiger partial charge in [0.05, 0.1) is 32.3 Å². The minimum absolute atomic E-state index is 0.261. The van der Waals surface area contributed by atoms with E-state index in [2.05, 4.69) is 0 Å². The lowest BCUT2D eigenvalue weighted by atomic mass is 10.0. The minimum Gasteiger partial charge on any atom is -0.481 e. The topological polar surface area (TPSA) is 64.6 Å². The van der Waals surface area contributed by atoms with E-state index < -0.39 is 5.97 Å². The number of nitrogens with zero attached hydrogens (tertiary/aromatic N) is 2. The molecule has 1 atom stereocenters. The van der Waals surface area contributed by atoms with Crippen molar-refractivity contribution in [2.45, 2.75) is 32.9 Å². The molecule has 6 heteroatoms. The van der Waals surface area contributed by atoms with Crippen LogP contribution >= 0.6 is 0 Å². The van der Waals surface area contributed by atoms with Crippen LogP contribution in [0.2, 0.25) is 0 Å². The monoisotopic (exact) mass is 285 g/mol. The van der Waals surface area contributed by atoms with Crippen LogP contribution in [-0.4, -0.2) is 42.6 Å². The van der Waals surface area contributed by atoms with Gasteiger partial charge in [-0.15, -0.1) is 0 Å². The van der Waals surface area contributed by atoms with Crippen molar-refractivity contribution in [3.63, 3.8) is 0 Å². The Labute approximate surface area is 119 Å². The van der Waals surface area contributed by atoms with E-state index in [0.717, 1.165) is 13.1 Å². The summed E-state index contributed by atoms with van der Waals surface area (Å²) in [5, 5.41) is 9.00. The van der Waals surface area contributed by atoms with Crippen molar-refractivity contribution in [2.24, 2.45) is 5.92 Å². The molecule has 1 aromatic heterocycles. The molecule has 20 heavy (non-hydrogen) atoms. The predicted molar refractivity (Wildman–Crippen MR) is 73.4 cm³/mol. The molecule has 6 nitrogen and oxygen atoms in total. The molecular formula is C14H25N2O4+. The van der Waals surface area contributed by atoms with Gasteiger partial charge >= 0.3 is 5.97 Å². The summed E-state index contributed by atoms with van der Waals surface area (Å²) in [6.45, 7) is 5.28. The molecule has 0 spiro atoms. The lowest BCUT2D eigenvalue weighted by Gasteiger charge is -2.06. The minimum atomic E-state index is -0.709. The van der Waals surface area contributed by atoms with Crippen LogP contribution in [0.3, 0.4) is 0 Å². The van der Waals surface area contributed by atoms with Gasteiger partial charge in [0.2, 0.25) is 6.33 Å². The third-order valence-electron chi connectivity index (χ3n) is 3.25. The third kappa shape index (κ3) is 6.16. The zero-order chi connectivity index (χ0) is 14.8. The second kappa shape index (κ2) is 9.50. The standard InChI is InChI=1S/C14H24N2O4/c1-3-13(14(17)18)4-5-15-6-7-16(12-15)8-9-20-11-10-19-2/h6-7,12-13H,3-5,8-11H2,1-2H3/p+1. The summed E-state index contributed by atoms with van der Waals surface area (Å²) in [5.41, 5.74) is 0. The zero-order valence-electron chi connectivity index (χ0n) is 12.3. The molecule has 114 valence electrons. The number of imidazole rings is 1. The van der Waals surface area contributed by atoms with Gasteiger partial charge < -0.3 is 14.6 Å². The molecule has 0 bridgehead atoms. The van der Waals surface area contributed by atoms with Crippen molar-refractivity contribution in [3.8, 4) is 0 Å². The van der Waals surface area contributed by atoms with Crippen molar-refractivity contribution in [1.82, 2.24) is 4.57 Å². The number of carboxylic acid groups (broad SMARTS) is 1. The maximum absolute atomic E-state index is 10.9. The van der Waals surface area contributed by atoms with E-state index in [0.29, 0.717) is 32.7 Å². The van der Waals surface area contributed by atoms with Crippen LogP contribution in [0, 0.1) is 5.92 Å².